The van der Waals surface area contributed by atoms with Gasteiger partial charge in [-0.25, -0.2) is 9.78 Å². The highest BCUT2D eigenvalue weighted by Gasteiger charge is 2.07. The van der Waals surface area contributed by atoms with Gasteiger partial charge in [0.2, 0.25) is 0 Å². The molecule has 0 bridgehead atoms. The van der Waals surface area contributed by atoms with Crippen LogP contribution in [-0.2, 0) is 0 Å². The second kappa shape index (κ2) is 4.97. The van der Waals surface area contributed by atoms with E-state index in [9.17, 15) is 4.79 Å². The molecule has 18 heavy (non-hydrogen) atoms. The Morgan fingerprint density at radius 3 is 2.94 bits per heavy atom. The van der Waals surface area contributed by atoms with Gasteiger partial charge in [0.15, 0.2) is 0 Å². The van der Waals surface area contributed by atoms with E-state index in [0.29, 0.717) is 5.52 Å². The fourth-order valence-corrected chi connectivity index (χ4v) is 1.40. The Kier molecular flexibility index (Phi) is 3.38. The fourth-order valence-electron chi connectivity index (χ4n) is 1.40. The molecule has 0 aliphatic heterocycles. The minimum absolute atomic E-state index is 0.0874. The molecule has 2 rings (SSSR count). The molecule has 1 unspecified atom stereocenters. The van der Waals surface area contributed by atoms with Crippen molar-refractivity contribution in [2.45, 2.75) is 13.0 Å². The first-order valence-corrected chi connectivity index (χ1v) is 5.37. The normalized spacial score (nSPS) is 12.3. The van der Waals surface area contributed by atoms with Gasteiger partial charge in [-0.3, -0.25) is 0 Å². The predicted octanol–water partition coefficient (Wildman–Crippen LogP) is 1.09. The van der Waals surface area contributed by atoms with Gasteiger partial charge in [0.1, 0.15) is 6.61 Å². The molecule has 6 heteroatoms. The molecular weight excluding hydrogens is 236 g/mol. The Bertz CT molecular complexity index is 583. The summed E-state index contributed by atoms with van der Waals surface area (Å²) in [6.07, 6.45) is 0.931. The molecule has 2 aromatic rings. The fraction of sp³-hybridized carbons (Fsp3) is 0.250. The molecule has 1 atom stereocenters. The molecule has 0 amide bonds. The van der Waals surface area contributed by atoms with Crippen LogP contribution in [0.5, 0.6) is 6.01 Å². The Morgan fingerprint density at radius 1 is 1.50 bits per heavy atom. The van der Waals surface area contributed by atoms with Crippen molar-refractivity contribution < 1.29 is 19.7 Å². The van der Waals surface area contributed by atoms with Crippen LogP contribution in [0.3, 0.4) is 0 Å². The van der Waals surface area contributed by atoms with Crippen molar-refractivity contribution in [2.24, 2.45) is 0 Å². The summed E-state index contributed by atoms with van der Waals surface area (Å²) in [6.45, 7) is 1.67. The minimum Gasteiger partial charge on any atom is -0.478 e. The van der Waals surface area contributed by atoms with Crippen molar-refractivity contribution in [3.8, 4) is 6.01 Å². The molecule has 2 N–H and O–H groups in total. The van der Waals surface area contributed by atoms with Gasteiger partial charge in [-0.1, -0.05) is 6.07 Å². The molecular formula is C12H12N2O4. The Labute approximate surface area is 103 Å². The zero-order valence-corrected chi connectivity index (χ0v) is 9.70. The first-order valence-electron chi connectivity index (χ1n) is 5.37. The SMILES string of the molecule is CC(O)COc1ncc2ccc(C(=O)O)cc2n1. The van der Waals surface area contributed by atoms with E-state index in [0.717, 1.165) is 5.39 Å². The summed E-state index contributed by atoms with van der Waals surface area (Å²) in [7, 11) is 0. The van der Waals surface area contributed by atoms with Crippen LogP contribution in [0.1, 0.15) is 17.3 Å². The zero-order valence-electron chi connectivity index (χ0n) is 9.70. The largest absolute Gasteiger partial charge is 0.478 e. The van der Waals surface area contributed by atoms with E-state index in [2.05, 4.69) is 9.97 Å². The number of aliphatic hydroxyl groups excluding tert-OH is 1. The molecule has 0 aliphatic rings. The number of fused-ring (bicyclic) bond motifs is 1. The maximum Gasteiger partial charge on any atom is 0.335 e. The van der Waals surface area contributed by atoms with E-state index in [1.54, 1.807) is 19.2 Å². The average Bonchev–Trinajstić information content (AvgIpc) is 2.35. The first kappa shape index (κ1) is 12.3. The number of aromatic nitrogens is 2. The molecule has 0 spiro atoms. The van der Waals surface area contributed by atoms with Gasteiger partial charge in [-0.2, -0.15) is 4.98 Å². The number of aliphatic hydroxyl groups is 1. The summed E-state index contributed by atoms with van der Waals surface area (Å²) in [5.74, 6) is -1.01. The minimum atomic E-state index is -1.01. The van der Waals surface area contributed by atoms with Gasteiger partial charge < -0.3 is 14.9 Å². The van der Waals surface area contributed by atoms with Crippen molar-refractivity contribution in [2.75, 3.05) is 6.61 Å². The van der Waals surface area contributed by atoms with Crippen molar-refractivity contribution in [1.29, 1.82) is 0 Å². The molecule has 1 heterocycles. The van der Waals surface area contributed by atoms with Crippen LogP contribution >= 0.6 is 0 Å². The average molecular weight is 248 g/mol. The van der Waals surface area contributed by atoms with Gasteiger partial charge >= 0.3 is 12.0 Å². The lowest BCUT2D eigenvalue weighted by Gasteiger charge is -2.06. The van der Waals surface area contributed by atoms with Crippen molar-refractivity contribution >= 4 is 16.9 Å². The number of nitrogens with zero attached hydrogens (tertiary/aromatic N) is 2. The smallest absolute Gasteiger partial charge is 0.335 e. The first-order chi connectivity index (χ1) is 8.56. The lowest BCUT2D eigenvalue weighted by Crippen LogP contribution is -2.14. The number of carboxylic acids is 1. The third-order valence-corrected chi connectivity index (χ3v) is 2.26. The van der Waals surface area contributed by atoms with E-state index in [4.69, 9.17) is 14.9 Å². The molecule has 6 nitrogen and oxygen atoms in total. The molecule has 0 aliphatic carbocycles. The third kappa shape index (κ3) is 2.72. The lowest BCUT2D eigenvalue weighted by molar-refractivity contribution is 0.0697. The number of hydrogen-bond acceptors (Lipinski definition) is 5. The van der Waals surface area contributed by atoms with Crippen LogP contribution in [0.2, 0.25) is 0 Å². The maximum absolute atomic E-state index is 10.8. The molecule has 0 fully saturated rings. The number of rotatable bonds is 4. The Balaban J connectivity index is 2.33. The molecule has 0 saturated carbocycles. The quantitative estimate of drug-likeness (QED) is 0.841. The van der Waals surface area contributed by atoms with Crippen molar-refractivity contribution in [3.05, 3.63) is 30.0 Å². The maximum atomic E-state index is 10.8. The highest BCUT2D eigenvalue weighted by molar-refractivity contribution is 5.92. The van der Waals surface area contributed by atoms with Gasteiger partial charge in [-0.05, 0) is 19.1 Å². The van der Waals surface area contributed by atoms with E-state index in [-0.39, 0.29) is 18.2 Å². The standard InChI is InChI=1S/C12H12N2O4/c1-7(15)6-18-12-13-5-9-3-2-8(11(16)17)4-10(9)14-12/h2-5,7,15H,6H2,1H3,(H,16,17). The van der Waals surface area contributed by atoms with Gasteiger partial charge in [0.05, 0.1) is 17.2 Å². The van der Waals surface area contributed by atoms with Crippen LogP contribution in [-0.4, -0.2) is 38.9 Å². The number of ether oxygens (including phenoxy) is 1. The summed E-state index contributed by atoms with van der Waals surface area (Å²) in [5, 5.41) is 18.7. The molecule has 0 saturated heterocycles. The molecule has 1 aromatic carbocycles. The monoisotopic (exact) mass is 248 g/mol. The molecule has 0 radical (unpaired) electrons. The number of carbonyl (C=O) groups is 1. The summed E-state index contributed by atoms with van der Waals surface area (Å²) in [6, 6.07) is 4.70. The number of benzene rings is 1. The van der Waals surface area contributed by atoms with Gasteiger partial charge in [0, 0.05) is 11.6 Å². The van der Waals surface area contributed by atoms with E-state index in [1.807, 2.05) is 0 Å². The predicted molar refractivity (Wildman–Crippen MR) is 63.7 cm³/mol. The Hall–Kier alpha value is -2.21. The van der Waals surface area contributed by atoms with Gasteiger partial charge in [-0.15, -0.1) is 0 Å². The molecule has 1 aromatic heterocycles. The van der Waals surface area contributed by atoms with Crippen molar-refractivity contribution in [3.63, 3.8) is 0 Å². The van der Waals surface area contributed by atoms with E-state index < -0.39 is 12.1 Å². The van der Waals surface area contributed by atoms with Crippen molar-refractivity contribution in [1.82, 2.24) is 9.97 Å². The third-order valence-electron chi connectivity index (χ3n) is 2.26. The number of carboxylic acid groups (broad SMARTS) is 1. The summed E-state index contributed by atoms with van der Waals surface area (Å²) in [4.78, 5) is 18.9. The highest BCUT2D eigenvalue weighted by atomic mass is 16.5. The van der Waals surface area contributed by atoms with E-state index in [1.165, 1.54) is 12.1 Å². The highest BCUT2D eigenvalue weighted by Crippen LogP contribution is 2.16. The Morgan fingerprint density at radius 2 is 2.28 bits per heavy atom. The van der Waals surface area contributed by atoms with Gasteiger partial charge in [0.25, 0.3) is 0 Å². The zero-order chi connectivity index (χ0) is 13.1. The number of hydrogen-bond donors (Lipinski definition) is 2. The van der Waals surface area contributed by atoms with Crippen LogP contribution in [0.4, 0.5) is 0 Å². The summed E-state index contributed by atoms with van der Waals surface area (Å²) < 4.78 is 5.16. The van der Waals surface area contributed by atoms with Crippen LogP contribution < -0.4 is 4.74 Å². The topological polar surface area (TPSA) is 92.5 Å². The number of aromatic carboxylic acids is 1. The van der Waals surface area contributed by atoms with Crippen LogP contribution in [0.15, 0.2) is 24.4 Å². The summed E-state index contributed by atoms with van der Waals surface area (Å²) >= 11 is 0. The second-order valence-corrected chi connectivity index (χ2v) is 3.89. The molecule has 94 valence electrons. The lowest BCUT2D eigenvalue weighted by atomic mass is 10.1. The van der Waals surface area contributed by atoms with E-state index >= 15 is 0 Å². The van der Waals surface area contributed by atoms with Crippen LogP contribution in [0.25, 0.3) is 10.9 Å². The van der Waals surface area contributed by atoms with Crippen LogP contribution in [0, 0.1) is 0 Å². The summed E-state index contributed by atoms with van der Waals surface area (Å²) in [5.41, 5.74) is 0.646. The second-order valence-electron chi connectivity index (χ2n) is 3.89.